The number of halogens is 1. The van der Waals surface area contributed by atoms with Gasteiger partial charge >= 0.3 is 0 Å². The molecule has 2 nitrogen and oxygen atoms in total. The Morgan fingerprint density at radius 3 is 2.94 bits per heavy atom. The van der Waals surface area contributed by atoms with Crippen molar-refractivity contribution >= 4 is 28.8 Å². The second kappa shape index (κ2) is 5.19. The first-order chi connectivity index (χ1) is 7.74. The van der Waals surface area contributed by atoms with Gasteiger partial charge in [-0.25, -0.2) is 0 Å². The zero-order valence-corrected chi connectivity index (χ0v) is 10.7. The average molecular weight is 258 g/mol. The number of rotatable bonds is 6. The van der Waals surface area contributed by atoms with E-state index in [2.05, 4.69) is 5.32 Å². The summed E-state index contributed by atoms with van der Waals surface area (Å²) in [6.07, 6.45) is 3.94. The van der Waals surface area contributed by atoms with E-state index in [0.717, 1.165) is 18.5 Å². The van der Waals surface area contributed by atoms with Crippen molar-refractivity contribution in [2.45, 2.75) is 25.7 Å². The van der Waals surface area contributed by atoms with Crippen LogP contribution in [0, 0.1) is 5.41 Å². The van der Waals surface area contributed by atoms with Crippen molar-refractivity contribution < 1.29 is 4.79 Å². The average Bonchev–Trinajstić information content (AvgIpc) is 2.83. The molecule has 0 aromatic carbocycles. The number of hydrogen-bond donors (Lipinski definition) is 1. The van der Waals surface area contributed by atoms with Crippen LogP contribution in [-0.2, 0) is 11.2 Å². The van der Waals surface area contributed by atoms with Crippen molar-refractivity contribution in [1.82, 2.24) is 5.32 Å². The fraction of sp³-hybridized carbons (Fsp3) is 0.583. The Balaban J connectivity index is 1.72. The third-order valence-corrected chi connectivity index (χ3v) is 4.11. The van der Waals surface area contributed by atoms with Gasteiger partial charge in [0.2, 0.25) is 5.91 Å². The van der Waals surface area contributed by atoms with Crippen molar-refractivity contribution in [2.75, 3.05) is 12.4 Å². The second-order valence-electron chi connectivity index (χ2n) is 4.52. The number of alkyl halides is 1. The molecule has 1 saturated carbocycles. The van der Waals surface area contributed by atoms with E-state index in [9.17, 15) is 4.79 Å². The molecule has 2 rings (SSSR count). The van der Waals surface area contributed by atoms with E-state index in [1.807, 2.05) is 16.8 Å². The lowest BCUT2D eigenvalue weighted by Gasteiger charge is -2.14. The Bertz CT molecular complexity index is 346. The van der Waals surface area contributed by atoms with Gasteiger partial charge in [-0.05, 0) is 47.1 Å². The van der Waals surface area contributed by atoms with Gasteiger partial charge in [0.15, 0.2) is 0 Å². The van der Waals surface area contributed by atoms with Gasteiger partial charge in [0, 0.05) is 12.4 Å². The summed E-state index contributed by atoms with van der Waals surface area (Å²) in [5.74, 6) is 0.819. The summed E-state index contributed by atoms with van der Waals surface area (Å²) in [5, 5.41) is 7.03. The third kappa shape index (κ3) is 3.22. The highest BCUT2D eigenvalue weighted by atomic mass is 35.5. The topological polar surface area (TPSA) is 29.1 Å². The van der Waals surface area contributed by atoms with Crippen molar-refractivity contribution in [1.29, 1.82) is 0 Å². The summed E-state index contributed by atoms with van der Waals surface area (Å²) < 4.78 is 0. The molecule has 0 unspecified atom stereocenters. The van der Waals surface area contributed by atoms with Crippen LogP contribution in [0.15, 0.2) is 16.8 Å². The number of hydrogen-bond acceptors (Lipinski definition) is 2. The molecular formula is C12H16ClNOS. The van der Waals surface area contributed by atoms with Crippen molar-refractivity contribution in [3.8, 4) is 0 Å². The van der Waals surface area contributed by atoms with Crippen LogP contribution < -0.4 is 5.32 Å². The zero-order valence-electron chi connectivity index (χ0n) is 9.17. The molecule has 0 aliphatic heterocycles. The molecular weight excluding hydrogens is 242 g/mol. The van der Waals surface area contributed by atoms with Crippen LogP contribution in [0.2, 0.25) is 0 Å². The quantitative estimate of drug-likeness (QED) is 0.781. The maximum absolute atomic E-state index is 11.6. The molecule has 1 aliphatic carbocycles. The summed E-state index contributed by atoms with van der Waals surface area (Å²) in [6, 6.07) is 2.00. The highest BCUT2D eigenvalue weighted by molar-refractivity contribution is 7.07. The molecule has 1 fully saturated rings. The Morgan fingerprint density at radius 2 is 2.38 bits per heavy atom. The Kier molecular flexibility index (Phi) is 3.87. The predicted octanol–water partition coefficient (Wildman–Crippen LogP) is 2.82. The maximum atomic E-state index is 11.6. The molecule has 1 N–H and O–H groups in total. The smallest absolute Gasteiger partial charge is 0.224 e. The summed E-state index contributed by atoms with van der Waals surface area (Å²) >= 11 is 7.37. The van der Waals surface area contributed by atoms with E-state index in [1.165, 1.54) is 12.8 Å². The van der Waals surface area contributed by atoms with Crippen LogP contribution in [0.1, 0.15) is 24.8 Å². The lowest BCUT2D eigenvalue weighted by Crippen LogP contribution is -2.31. The van der Waals surface area contributed by atoms with E-state index in [4.69, 9.17) is 11.6 Å². The molecule has 16 heavy (non-hydrogen) atoms. The number of amides is 1. The number of carbonyl (C=O) groups is 1. The fourth-order valence-corrected chi connectivity index (χ4v) is 2.89. The van der Waals surface area contributed by atoms with Gasteiger partial charge in [0.05, 0.1) is 6.42 Å². The van der Waals surface area contributed by atoms with E-state index < -0.39 is 0 Å². The van der Waals surface area contributed by atoms with Gasteiger partial charge in [-0.15, -0.1) is 11.6 Å². The minimum atomic E-state index is 0.124. The molecule has 1 amide bonds. The summed E-state index contributed by atoms with van der Waals surface area (Å²) in [7, 11) is 0. The van der Waals surface area contributed by atoms with Crippen LogP contribution in [0.25, 0.3) is 0 Å². The van der Waals surface area contributed by atoms with E-state index in [-0.39, 0.29) is 5.91 Å². The normalized spacial score (nSPS) is 17.1. The van der Waals surface area contributed by atoms with E-state index in [0.29, 0.717) is 17.7 Å². The van der Waals surface area contributed by atoms with Crippen LogP contribution in [0.3, 0.4) is 0 Å². The Labute approximate surface area is 105 Å². The highest BCUT2D eigenvalue weighted by Gasteiger charge is 2.41. The molecule has 0 radical (unpaired) electrons. The largest absolute Gasteiger partial charge is 0.355 e. The monoisotopic (exact) mass is 257 g/mol. The molecule has 1 aromatic heterocycles. The van der Waals surface area contributed by atoms with Gasteiger partial charge in [-0.3, -0.25) is 4.79 Å². The van der Waals surface area contributed by atoms with Gasteiger partial charge in [-0.1, -0.05) is 0 Å². The van der Waals surface area contributed by atoms with E-state index >= 15 is 0 Å². The molecule has 1 aromatic rings. The Hall–Kier alpha value is -0.540. The van der Waals surface area contributed by atoms with Gasteiger partial charge in [0.1, 0.15) is 0 Å². The standard InChI is InChI=1S/C12H16ClNOS/c13-5-4-12(2-3-12)9-14-11(15)7-10-1-6-16-8-10/h1,6,8H,2-5,7,9H2,(H,14,15). The van der Waals surface area contributed by atoms with Crippen LogP contribution in [-0.4, -0.2) is 18.3 Å². The highest BCUT2D eigenvalue weighted by Crippen LogP contribution is 2.48. The molecule has 1 aliphatic rings. The van der Waals surface area contributed by atoms with Crippen LogP contribution in [0.5, 0.6) is 0 Å². The summed E-state index contributed by atoms with van der Waals surface area (Å²) in [5.41, 5.74) is 1.43. The lowest BCUT2D eigenvalue weighted by molar-refractivity contribution is -0.120. The second-order valence-corrected chi connectivity index (χ2v) is 5.68. The first-order valence-corrected chi connectivity index (χ1v) is 7.06. The number of nitrogens with one attached hydrogen (secondary N) is 1. The van der Waals surface area contributed by atoms with Gasteiger partial charge in [0.25, 0.3) is 0 Å². The Morgan fingerprint density at radius 1 is 1.56 bits per heavy atom. The molecule has 88 valence electrons. The van der Waals surface area contributed by atoms with Crippen LogP contribution in [0.4, 0.5) is 0 Å². The molecule has 4 heteroatoms. The lowest BCUT2D eigenvalue weighted by atomic mass is 10.0. The molecule has 0 spiro atoms. The predicted molar refractivity (Wildman–Crippen MR) is 68.0 cm³/mol. The minimum absolute atomic E-state index is 0.124. The number of carbonyl (C=O) groups excluding carboxylic acids is 1. The molecule has 0 bridgehead atoms. The molecule has 1 heterocycles. The third-order valence-electron chi connectivity index (χ3n) is 3.19. The van der Waals surface area contributed by atoms with Crippen molar-refractivity contribution in [3.05, 3.63) is 22.4 Å². The van der Waals surface area contributed by atoms with Crippen LogP contribution >= 0.6 is 22.9 Å². The summed E-state index contributed by atoms with van der Waals surface area (Å²) in [6.45, 7) is 0.794. The molecule has 0 saturated heterocycles. The minimum Gasteiger partial charge on any atom is -0.355 e. The summed E-state index contributed by atoms with van der Waals surface area (Å²) in [4.78, 5) is 11.6. The number of thiophene rings is 1. The van der Waals surface area contributed by atoms with Crippen molar-refractivity contribution in [3.63, 3.8) is 0 Å². The maximum Gasteiger partial charge on any atom is 0.224 e. The fourth-order valence-electron chi connectivity index (χ4n) is 1.82. The van der Waals surface area contributed by atoms with E-state index in [1.54, 1.807) is 11.3 Å². The van der Waals surface area contributed by atoms with Gasteiger partial charge < -0.3 is 5.32 Å². The van der Waals surface area contributed by atoms with Gasteiger partial charge in [-0.2, -0.15) is 11.3 Å². The van der Waals surface area contributed by atoms with Crippen molar-refractivity contribution in [2.24, 2.45) is 5.41 Å². The SMILES string of the molecule is O=C(Cc1ccsc1)NCC1(CCCl)CC1. The molecule has 0 atom stereocenters. The first kappa shape index (κ1) is 11.9. The zero-order chi connectivity index (χ0) is 11.4. The first-order valence-electron chi connectivity index (χ1n) is 5.58.